The highest BCUT2D eigenvalue weighted by molar-refractivity contribution is 7.20. The monoisotopic (exact) mass is 381 g/mol. The van der Waals surface area contributed by atoms with Crippen molar-refractivity contribution in [2.75, 3.05) is 5.32 Å². The molecule has 8 heteroatoms. The van der Waals surface area contributed by atoms with Gasteiger partial charge < -0.3 is 5.32 Å². The normalized spacial score (nSPS) is 11.0. The van der Waals surface area contributed by atoms with Crippen LogP contribution in [0.5, 0.6) is 0 Å². The van der Waals surface area contributed by atoms with Crippen LogP contribution in [-0.2, 0) is 6.54 Å². The van der Waals surface area contributed by atoms with Gasteiger partial charge in [0.2, 0.25) is 0 Å². The standard InChI is InChI=1S/C16H13Cl2N3O2S/c1-3-21-7-19-15-12(16(21)23)8(2)13(24-15)14(22)20-11-6-9(17)4-5-10(11)18/h4-7H,3H2,1-2H3,(H,20,22). The van der Waals surface area contributed by atoms with Gasteiger partial charge in [-0.15, -0.1) is 11.3 Å². The first kappa shape index (κ1) is 17.0. The molecule has 24 heavy (non-hydrogen) atoms. The molecule has 3 rings (SSSR count). The van der Waals surface area contributed by atoms with Gasteiger partial charge in [-0.3, -0.25) is 14.2 Å². The number of anilines is 1. The molecule has 1 N–H and O–H groups in total. The first-order valence-electron chi connectivity index (χ1n) is 7.17. The van der Waals surface area contributed by atoms with E-state index in [1.54, 1.807) is 25.1 Å². The number of halogens is 2. The molecule has 0 bridgehead atoms. The van der Waals surface area contributed by atoms with Crippen molar-refractivity contribution in [3.05, 3.63) is 55.4 Å². The summed E-state index contributed by atoms with van der Waals surface area (Å²) in [5.41, 5.74) is 0.895. The van der Waals surface area contributed by atoms with E-state index < -0.39 is 0 Å². The minimum atomic E-state index is -0.345. The molecule has 0 spiro atoms. The summed E-state index contributed by atoms with van der Waals surface area (Å²) in [6.45, 7) is 4.14. The number of carbonyl (C=O) groups is 1. The third-order valence-electron chi connectivity index (χ3n) is 3.64. The number of aryl methyl sites for hydroxylation is 2. The van der Waals surface area contributed by atoms with E-state index >= 15 is 0 Å². The number of nitrogens with zero attached hydrogens (tertiary/aromatic N) is 2. The molecule has 2 aromatic heterocycles. The fraction of sp³-hybridized carbons (Fsp3) is 0.188. The molecule has 1 amide bonds. The number of hydrogen-bond acceptors (Lipinski definition) is 4. The molecule has 0 aliphatic carbocycles. The van der Waals surface area contributed by atoms with Gasteiger partial charge in [0.25, 0.3) is 11.5 Å². The van der Waals surface area contributed by atoms with E-state index in [-0.39, 0.29) is 11.5 Å². The number of rotatable bonds is 3. The molecule has 0 fully saturated rings. The molecule has 3 aromatic rings. The summed E-state index contributed by atoms with van der Waals surface area (Å²) in [6, 6.07) is 4.83. The Morgan fingerprint density at radius 1 is 1.38 bits per heavy atom. The zero-order valence-electron chi connectivity index (χ0n) is 12.9. The maximum Gasteiger partial charge on any atom is 0.266 e. The number of hydrogen-bond donors (Lipinski definition) is 1. The number of fused-ring (bicyclic) bond motifs is 1. The number of carbonyl (C=O) groups excluding carboxylic acids is 1. The van der Waals surface area contributed by atoms with Gasteiger partial charge >= 0.3 is 0 Å². The van der Waals surface area contributed by atoms with E-state index in [2.05, 4.69) is 10.3 Å². The van der Waals surface area contributed by atoms with Crippen LogP contribution >= 0.6 is 34.5 Å². The van der Waals surface area contributed by atoms with Crippen molar-refractivity contribution in [1.29, 1.82) is 0 Å². The quantitative estimate of drug-likeness (QED) is 0.733. The third kappa shape index (κ3) is 2.92. The van der Waals surface area contributed by atoms with Gasteiger partial charge in [-0.05, 0) is 37.6 Å². The lowest BCUT2D eigenvalue weighted by Crippen LogP contribution is -2.19. The molecule has 0 radical (unpaired) electrons. The Kier molecular flexibility index (Phi) is 4.62. The highest BCUT2D eigenvalue weighted by atomic mass is 35.5. The van der Waals surface area contributed by atoms with Crippen molar-refractivity contribution >= 4 is 56.3 Å². The highest BCUT2D eigenvalue weighted by Gasteiger charge is 2.20. The Hall–Kier alpha value is -1.89. The van der Waals surface area contributed by atoms with Crippen molar-refractivity contribution in [3.8, 4) is 0 Å². The average Bonchev–Trinajstić information content (AvgIpc) is 2.89. The Bertz CT molecular complexity index is 1010. The van der Waals surface area contributed by atoms with Crippen LogP contribution < -0.4 is 10.9 Å². The molecule has 0 aliphatic rings. The van der Waals surface area contributed by atoms with Crippen LogP contribution in [0.2, 0.25) is 10.0 Å². The third-order valence-corrected chi connectivity index (χ3v) is 5.40. The van der Waals surface area contributed by atoms with Gasteiger partial charge in [0.1, 0.15) is 4.83 Å². The fourth-order valence-corrected chi connectivity index (χ4v) is 3.74. The van der Waals surface area contributed by atoms with Crippen LogP contribution in [0.4, 0.5) is 5.69 Å². The molecule has 1 aromatic carbocycles. The number of aromatic nitrogens is 2. The van der Waals surface area contributed by atoms with E-state index in [4.69, 9.17) is 23.2 Å². The summed E-state index contributed by atoms with van der Waals surface area (Å²) >= 11 is 13.2. The number of benzene rings is 1. The zero-order chi connectivity index (χ0) is 17.4. The number of nitrogens with one attached hydrogen (secondary N) is 1. The van der Waals surface area contributed by atoms with Crippen LogP contribution in [0.3, 0.4) is 0 Å². The molecule has 124 valence electrons. The summed E-state index contributed by atoms with van der Waals surface area (Å²) in [6.07, 6.45) is 1.50. The van der Waals surface area contributed by atoms with E-state index in [0.717, 1.165) is 0 Å². The molecule has 0 unspecified atom stereocenters. The SMILES string of the molecule is CCn1cnc2sc(C(=O)Nc3cc(Cl)ccc3Cl)c(C)c2c1=O. The first-order valence-corrected chi connectivity index (χ1v) is 8.74. The Morgan fingerprint density at radius 3 is 2.83 bits per heavy atom. The second-order valence-electron chi connectivity index (χ2n) is 5.15. The molecule has 0 aliphatic heterocycles. The van der Waals surface area contributed by atoms with Crippen LogP contribution in [-0.4, -0.2) is 15.5 Å². The molecule has 0 atom stereocenters. The topological polar surface area (TPSA) is 64.0 Å². The predicted molar refractivity (Wildman–Crippen MR) is 98.7 cm³/mol. The van der Waals surface area contributed by atoms with Crippen LogP contribution in [0.15, 0.2) is 29.3 Å². The Balaban J connectivity index is 2.05. The van der Waals surface area contributed by atoms with E-state index in [1.807, 2.05) is 6.92 Å². The summed E-state index contributed by atoms with van der Waals surface area (Å²) in [5.74, 6) is -0.345. The molecule has 0 saturated heterocycles. The Labute approximate surface area is 151 Å². The van der Waals surface area contributed by atoms with Crippen molar-refractivity contribution in [2.45, 2.75) is 20.4 Å². The van der Waals surface area contributed by atoms with Crippen molar-refractivity contribution in [1.82, 2.24) is 9.55 Å². The lowest BCUT2D eigenvalue weighted by atomic mass is 10.2. The summed E-state index contributed by atoms with van der Waals surface area (Å²) in [7, 11) is 0. The van der Waals surface area contributed by atoms with Gasteiger partial charge in [0.05, 0.1) is 27.3 Å². The summed E-state index contributed by atoms with van der Waals surface area (Å²) in [5, 5.41) is 4.07. The number of amides is 1. The largest absolute Gasteiger partial charge is 0.320 e. The van der Waals surface area contributed by atoms with E-state index in [9.17, 15) is 9.59 Å². The minimum Gasteiger partial charge on any atom is -0.320 e. The second-order valence-corrected chi connectivity index (χ2v) is 6.99. The van der Waals surface area contributed by atoms with Gasteiger partial charge in [0, 0.05) is 11.6 Å². The fourth-order valence-electron chi connectivity index (χ4n) is 2.37. The van der Waals surface area contributed by atoms with Crippen LogP contribution in [0.25, 0.3) is 10.2 Å². The van der Waals surface area contributed by atoms with Crippen LogP contribution in [0.1, 0.15) is 22.2 Å². The van der Waals surface area contributed by atoms with Gasteiger partial charge in [-0.25, -0.2) is 4.98 Å². The molecule has 2 heterocycles. The maximum atomic E-state index is 12.6. The van der Waals surface area contributed by atoms with Crippen molar-refractivity contribution in [2.24, 2.45) is 0 Å². The minimum absolute atomic E-state index is 0.143. The Morgan fingerprint density at radius 2 is 2.12 bits per heavy atom. The highest BCUT2D eigenvalue weighted by Crippen LogP contribution is 2.30. The summed E-state index contributed by atoms with van der Waals surface area (Å²) in [4.78, 5) is 30.3. The lowest BCUT2D eigenvalue weighted by Gasteiger charge is -2.07. The smallest absolute Gasteiger partial charge is 0.266 e. The molecule has 5 nitrogen and oxygen atoms in total. The van der Waals surface area contributed by atoms with Crippen molar-refractivity contribution < 1.29 is 4.79 Å². The molecule has 0 saturated carbocycles. The zero-order valence-corrected chi connectivity index (χ0v) is 15.2. The second kappa shape index (κ2) is 6.55. The molecular weight excluding hydrogens is 369 g/mol. The lowest BCUT2D eigenvalue weighted by molar-refractivity contribution is 0.103. The van der Waals surface area contributed by atoms with Crippen molar-refractivity contribution in [3.63, 3.8) is 0 Å². The summed E-state index contributed by atoms with van der Waals surface area (Å²) < 4.78 is 1.51. The maximum absolute atomic E-state index is 12.6. The van der Waals surface area contributed by atoms with Crippen LogP contribution in [0, 0.1) is 6.92 Å². The predicted octanol–water partition coefficient (Wildman–Crippen LogP) is 4.35. The van der Waals surface area contributed by atoms with E-state index in [1.165, 1.54) is 22.2 Å². The average molecular weight is 382 g/mol. The first-order chi connectivity index (χ1) is 11.4. The van der Waals surface area contributed by atoms with Gasteiger partial charge in [-0.2, -0.15) is 0 Å². The molecular formula is C16H13Cl2N3O2S. The number of thiophene rings is 1. The van der Waals surface area contributed by atoms with Gasteiger partial charge in [-0.1, -0.05) is 23.2 Å². The van der Waals surface area contributed by atoms with E-state index in [0.29, 0.717) is 42.9 Å². The van der Waals surface area contributed by atoms with Gasteiger partial charge in [0.15, 0.2) is 0 Å².